The third-order valence-electron chi connectivity index (χ3n) is 4.07. The van der Waals surface area contributed by atoms with Crippen molar-refractivity contribution in [3.05, 3.63) is 70.1 Å². The molecule has 0 unspecified atom stereocenters. The van der Waals surface area contributed by atoms with Gasteiger partial charge in [-0.05, 0) is 60.1 Å². The molecule has 2 heterocycles. The number of nitrogens with zero attached hydrogens (tertiary/aromatic N) is 4. The molecule has 0 aliphatic carbocycles. The molecule has 0 amide bonds. The van der Waals surface area contributed by atoms with Gasteiger partial charge in [-0.1, -0.05) is 16.6 Å². The van der Waals surface area contributed by atoms with Crippen LogP contribution in [0.5, 0.6) is 5.75 Å². The van der Waals surface area contributed by atoms with Crippen molar-refractivity contribution in [2.45, 2.75) is 12.8 Å². The Bertz CT molecular complexity index is 1170. The van der Waals surface area contributed by atoms with E-state index in [-0.39, 0.29) is 22.9 Å². The van der Waals surface area contributed by atoms with Crippen molar-refractivity contribution in [3.8, 4) is 22.7 Å². The second-order valence-electron chi connectivity index (χ2n) is 5.90. The van der Waals surface area contributed by atoms with E-state index >= 15 is 0 Å². The van der Waals surface area contributed by atoms with Crippen LogP contribution in [-0.4, -0.2) is 24.4 Å². The highest BCUT2D eigenvalue weighted by atomic mass is 32.1. The molecule has 0 bridgehead atoms. The summed E-state index contributed by atoms with van der Waals surface area (Å²) in [6.07, 6.45) is -4.53. The molecule has 0 spiro atoms. The van der Waals surface area contributed by atoms with Crippen molar-refractivity contribution in [1.29, 1.82) is 0 Å². The van der Waals surface area contributed by atoms with Crippen molar-refractivity contribution < 1.29 is 17.9 Å². The first-order chi connectivity index (χ1) is 13.9. The number of alkyl halides is 3. The number of para-hydroxylation sites is 1. The van der Waals surface area contributed by atoms with E-state index in [0.29, 0.717) is 5.75 Å². The quantitative estimate of drug-likeness (QED) is 0.445. The van der Waals surface area contributed by atoms with E-state index in [1.54, 1.807) is 12.1 Å². The van der Waals surface area contributed by atoms with E-state index in [0.717, 1.165) is 17.3 Å². The van der Waals surface area contributed by atoms with Crippen LogP contribution in [0.3, 0.4) is 0 Å². The molecule has 0 atom stereocenters. The highest BCUT2D eigenvalue weighted by Crippen LogP contribution is 2.34. The summed E-state index contributed by atoms with van der Waals surface area (Å²) in [5, 5.41) is 12.4. The van der Waals surface area contributed by atoms with Crippen LogP contribution < -0.4 is 4.74 Å². The van der Waals surface area contributed by atoms with Gasteiger partial charge in [0.15, 0.2) is 10.6 Å². The van der Waals surface area contributed by atoms with Crippen molar-refractivity contribution in [2.75, 3.05) is 0 Å². The average molecular weight is 435 g/mol. The first kappa shape index (κ1) is 19.3. The molecule has 11 heteroatoms. The fraction of sp³-hybridized carbons (Fsp3) is 0.111. The van der Waals surface area contributed by atoms with E-state index in [4.69, 9.17) is 17.0 Å². The third kappa shape index (κ3) is 4.05. The molecule has 6 nitrogen and oxygen atoms in total. The standard InChI is InChI=1S/C18H12F3N5OS2/c19-18(20,21)13-3-1-2-4-15(13)26-16(23-24-17(26)28)9-27-12-7-5-11(6-8-12)14-10-29-25-22-14/h1-8,10H,9H2,(H,24,28). The van der Waals surface area contributed by atoms with Crippen LogP contribution in [-0.2, 0) is 12.8 Å². The molecule has 0 fully saturated rings. The lowest BCUT2D eigenvalue weighted by Gasteiger charge is -2.15. The number of ether oxygens (including phenoxy) is 1. The first-order valence-corrected chi connectivity index (χ1v) is 9.51. The maximum Gasteiger partial charge on any atom is 0.418 e. The number of aromatic nitrogens is 5. The van der Waals surface area contributed by atoms with E-state index in [1.807, 2.05) is 17.5 Å². The summed E-state index contributed by atoms with van der Waals surface area (Å²) in [6, 6.07) is 12.3. The molecule has 148 valence electrons. The van der Waals surface area contributed by atoms with Gasteiger partial charge in [-0.25, -0.2) is 0 Å². The Morgan fingerprint density at radius 2 is 1.86 bits per heavy atom. The van der Waals surface area contributed by atoms with Gasteiger partial charge >= 0.3 is 6.18 Å². The number of rotatable bonds is 5. The maximum atomic E-state index is 13.4. The Hall–Kier alpha value is -3.05. The lowest BCUT2D eigenvalue weighted by Crippen LogP contribution is -2.13. The Morgan fingerprint density at radius 3 is 2.55 bits per heavy atom. The normalized spacial score (nSPS) is 11.6. The summed E-state index contributed by atoms with van der Waals surface area (Å²) >= 11 is 6.40. The Balaban J connectivity index is 1.59. The van der Waals surface area contributed by atoms with E-state index in [2.05, 4.69) is 19.8 Å². The zero-order valence-electron chi connectivity index (χ0n) is 14.6. The molecular weight excluding hydrogens is 423 g/mol. The minimum Gasteiger partial charge on any atom is -0.486 e. The second-order valence-corrected chi connectivity index (χ2v) is 6.90. The van der Waals surface area contributed by atoms with Gasteiger partial charge in [-0.15, -0.1) is 5.10 Å². The van der Waals surface area contributed by atoms with Crippen LogP contribution in [0.4, 0.5) is 13.2 Å². The molecule has 2 aromatic heterocycles. The Morgan fingerprint density at radius 1 is 1.10 bits per heavy atom. The van der Waals surface area contributed by atoms with Gasteiger partial charge in [0, 0.05) is 10.9 Å². The topological polar surface area (TPSA) is 68.6 Å². The largest absolute Gasteiger partial charge is 0.486 e. The Labute approximate surface area is 171 Å². The van der Waals surface area contributed by atoms with Gasteiger partial charge in [0.1, 0.15) is 18.1 Å². The SMILES string of the molecule is FC(F)(F)c1ccccc1-n1c(COc2ccc(-c3csnn3)cc2)n[nH]c1=S. The van der Waals surface area contributed by atoms with Crippen molar-refractivity contribution in [1.82, 2.24) is 24.4 Å². The van der Waals surface area contributed by atoms with Crippen LogP contribution in [0.2, 0.25) is 0 Å². The number of benzene rings is 2. The second kappa shape index (κ2) is 7.76. The molecular formula is C18H12F3N5OS2. The number of aromatic amines is 1. The lowest BCUT2D eigenvalue weighted by atomic mass is 10.1. The minimum atomic E-state index is -4.53. The van der Waals surface area contributed by atoms with E-state index in [1.165, 1.54) is 34.3 Å². The molecule has 2 aromatic carbocycles. The molecule has 0 radical (unpaired) electrons. The summed E-state index contributed by atoms with van der Waals surface area (Å²) in [4.78, 5) is 0. The molecule has 29 heavy (non-hydrogen) atoms. The predicted molar refractivity (Wildman–Crippen MR) is 103 cm³/mol. The molecule has 0 saturated heterocycles. The summed E-state index contributed by atoms with van der Waals surface area (Å²) in [5.74, 6) is 0.751. The van der Waals surface area contributed by atoms with Crippen LogP contribution in [0.25, 0.3) is 16.9 Å². The number of H-pyrrole nitrogens is 1. The number of halogens is 3. The summed E-state index contributed by atoms with van der Waals surface area (Å²) in [7, 11) is 0. The first-order valence-electron chi connectivity index (χ1n) is 8.26. The van der Waals surface area contributed by atoms with Gasteiger partial charge in [-0.3, -0.25) is 9.67 Å². The van der Waals surface area contributed by atoms with E-state index < -0.39 is 11.7 Å². The molecule has 0 aliphatic heterocycles. The third-order valence-corrected chi connectivity index (χ3v) is 4.85. The average Bonchev–Trinajstić information content (AvgIpc) is 3.36. The van der Waals surface area contributed by atoms with Crippen LogP contribution >= 0.6 is 23.8 Å². The van der Waals surface area contributed by atoms with Gasteiger partial charge in [-0.2, -0.15) is 18.3 Å². The smallest absolute Gasteiger partial charge is 0.418 e. The monoisotopic (exact) mass is 435 g/mol. The van der Waals surface area contributed by atoms with Crippen molar-refractivity contribution in [3.63, 3.8) is 0 Å². The fourth-order valence-corrected chi connectivity index (χ4v) is 3.46. The van der Waals surface area contributed by atoms with Crippen molar-refractivity contribution in [2.24, 2.45) is 0 Å². The van der Waals surface area contributed by atoms with E-state index in [9.17, 15) is 13.2 Å². The van der Waals surface area contributed by atoms with Gasteiger partial charge in [0.25, 0.3) is 0 Å². The number of hydrogen-bond acceptors (Lipinski definition) is 6. The zero-order chi connectivity index (χ0) is 20.4. The fourth-order valence-electron chi connectivity index (χ4n) is 2.74. The minimum absolute atomic E-state index is 0.0479. The van der Waals surface area contributed by atoms with Gasteiger partial charge in [0.2, 0.25) is 0 Å². The number of nitrogens with one attached hydrogen (secondary N) is 1. The summed E-state index contributed by atoms with van der Waals surface area (Å²) in [6.45, 7) is -0.0725. The summed E-state index contributed by atoms with van der Waals surface area (Å²) in [5.41, 5.74) is 0.725. The zero-order valence-corrected chi connectivity index (χ0v) is 16.2. The molecule has 0 saturated carbocycles. The molecule has 4 aromatic rings. The molecule has 4 rings (SSSR count). The summed E-state index contributed by atoms with van der Waals surface area (Å²) < 4.78 is 51.0. The molecule has 0 aliphatic rings. The lowest BCUT2D eigenvalue weighted by molar-refractivity contribution is -0.137. The predicted octanol–water partition coefficient (Wildman–Crippen LogP) is 5.05. The Kier molecular flexibility index (Phi) is 5.16. The van der Waals surface area contributed by atoms with Crippen LogP contribution in [0.1, 0.15) is 11.4 Å². The highest BCUT2D eigenvalue weighted by Gasteiger charge is 2.34. The van der Waals surface area contributed by atoms with Crippen LogP contribution in [0, 0.1) is 4.77 Å². The van der Waals surface area contributed by atoms with Crippen molar-refractivity contribution >= 4 is 23.8 Å². The highest BCUT2D eigenvalue weighted by molar-refractivity contribution is 7.71. The van der Waals surface area contributed by atoms with Crippen LogP contribution in [0.15, 0.2) is 53.9 Å². The number of hydrogen-bond donors (Lipinski definition) is 1. The maximum absolute atomic E-state index is 13.4. The van der Waals surface area contributed by atoms with Gasteiger partial charge < -0.3 is 4.74 Å². The molecule has 1 N–H and O–H groups in total. The van der Waals surface area contributed by atoms with Gasteiger partial charge in [0.05, 0.1) is 11.3 Å².